The molecule has 0 aromatic heterocycles. The Morgan fingerprint density at radius 2 is 0.929 bits per heavy atom. The maximum absolute atomic E-state index is 6.20. The van der Waals surface area contributed by atoms with Gasteiger partial charge in [0.05, 0.1) is 10.8 Å². The lowest BCUT2D eigenvalue weighted by Crippen LogP contribution is -2.21. The van der Waals surface area contributed by atoms with Crippen molar-refractivity contribution in [2.75, 3.05) is 0 Å². The molecule has 2 heteroatoms. The minimum atomic E-state index is 0.00432. The lowest BCUT2D eigenvalue weighted by atomic mass is 9.77. The molecule has 0 spiro atoms. The molecule has 2 atom stereocenters. The average molecular weight is 229 g/mol. The van der Waals surface area contributed by atoms with E-state index in [4.69, 9.17) is 23.2 Å². The normalized spacial score (nSPS) is 24.4. The quantitative estimate of drug-likeness (QED) is 0.575. The van der Waals surface area contributed by atoms with Crippen LogP contribution in [0.5, 0.6) is 0 Å². The molecule has 1 aromatic rings. The summed E-state index contributed by atoms with van der Waals surface area (Å²) in [5.41, 5.74) is 7.89. The highest BCUT2D eigenvalue weighted by Crippen LogP contribution is 2.55. The highest BCUT2D eigenvalue weighted by atomic mass is 35.5. The van der Waals surface area contributed by atoms with Crippen LogP contribution in [0.3, 0.4) is 0 Å². The van der Waals surface area contributed by atoms with Gasteiger partial charge in [0.15, 0.2) is 0 Å². The zero-order chi connectivity index (χ0) is 10.6. The predicted molar refractivity (Wildman–Crippen MR) is 62.6 cm³/mol. The SMILES string of the molecule is Cc1c(C)c(C)c2c(c1C)[C@@H](Cl)[C@@H]2Cl. The first kappa shape index (κ1) is 10.3. The fourth-order valence-electron chi connectivity index (χ4n) is 2.28. The summed E-state index contributed by atoms with van der Waals surface area (Å²) in [6, 6.07) is 0. The Kier molecular flexibility index (Phi) is 2.32. The number of fused-ring (bicyclic) bond motifs is 1. The summed E-state index contributed by atoms with van der Waals surface area (Å²) < 4.78 is 0. The first-order chi connectivity index (χ1) is 6.46. The van der Waals surface area contributed by atoms with Crippen LogP contribution in [0, 0.1) is 27.7 Å². The second-order valence-electron chi connectivity index (χ2n) is 4.13. The molecule has 0 bridgehead atoms. The summed E-state index contributed by atoms with van der Waals surface area (Å²) in [4.78, 5) is 0. The zero-order valence-electron chi connectivity index (χ0n) is 8.91. The van der Waals surface area contributed by atoms with E-state index >= 15 is 0 Å². The molecule has 0 saturated carbocycles. The van der Waals surface area contributed by atoms with E-state index in [1.807, 2.05) is 0 Å². The van der Waals surface area contributed by atoms with Crippen LogP contribution < -0.4 is 0 Å². The number of benzene rings is 1. The Hall–Kier alpha value is -0.200. The van der Waals surface area contributed by atoms with E-state index in [9.17, 15) is 0 Å². The van der Waals surface area contributed by atoms with Gasteiger partial charge in [0.2, 0.25) is 0 Å². The van der Waals surface area contributed by atoms with Gasteiger partial charge in [0.25, 0.3) is 0 Å². The van der Waals surface area contributed by atoms with E-state index in [-0.39, 0.29) is 10.8 Å². The van der Waals surface area contributed by atoms with Gasteiger partial charge in [-0.3, -0.25) is 0 Å². The molecule has 0 nitrogen and oxygen atoms in total. The van der Waals surface area contributed by atoms with E-state index in [1.54, 1.807) is 0 Å². The minimum absolute atomic E-state index is 0.00432. The Morgan fingerprint density at radius 1 is 0.643 bits per heavy atom. The van der Waals surface area contributed by atoms with Crippen LogP contribution in [0.25, 0.3) is 0 Å². The molecule has 1 aliphatic carbocycles. The Bertz CT molecular complexity index is 369. The van der Waals surface area contributed by atoms with Gasteiger partial charge in [-0.05, 0) is 61.1 Å². The fourth-order valence-corrected chi connectivity index (χ4v) is 3.09. The number of alkyl halides is 2. The molecule has 0 amide bonds. The number of hydrogen-bond donors (Lipinski definition) is 0. The minimum Gasteiger partial charge on any atom is -0.116 e. The average Bonchev–Trinajstić information content (AvgIpc) is 2.18. The van der Waals surface area contributed by atoms with Gasteiger partial charge in [0, 0.05) is 0 Å². The third-order valence-corrected chi connectivity index (χ3v) is 4.66. The topological polar surface area (TPSA) is 0 Å². The molecule has 14 heavy (non-hydrogen) atoms. The van der Waals surface area contributed by atoms with Crippen molar-refractivity contribution in [3.8, 4) is 0 Å². The van der Waals surface area contributed by atoms with Crippen molar-refractivity contribution in [3.63, 3.8) is 0 Å². The second-order valence-corrected chi connectivity index (χ2v) is 5.07. The lowest BCUT2D eigenvalue weighted by Gasteiger charge is -2.36. The van der Waals surface area contributed by atoms with Crippen LogP contribution in [0.4, 0.5) is 0 Å². The maximum Gasteiger partial charge on any atom is 0.0796 e. The van der Waals surface area contributed by atoms with Gasteiger partial charge in [-0.25, -0.2) is 0 Å². The molecule has 0 radical (unpaired) electrons. The highest BCUT2D eigenvalue weighted by molar-refractivity contribution is 6.32. The van der Waals surface area contributed by atoms with Crippen LogP contribution in [0.1, 0.15) is 44.1 Å². The van der Waals surface area contributed by atoms with Crippen molar-refractivity contribution in [1.29, 1.82) is 0 Å². The van der Waals surface area contributed by atoms with Crippen LogP contribution in [0.2, 0.25) is 0 Å². The van der Waals surface area contributed by atoms with E-state index in [1.165, 1.54) is 33.4 Å². The standard InChI is InChI=1S/C12H14Cl2/c1-5-6(2)8(4)10-9(7(5)3)11(13)12(10)14/h11-12H,1-4H3/t11-,12-/m1/s1. The monoisotopic (exact) mass is 228 g/mol. The Labute approximate surface area is 95.2 Å². The van der Waals surface area contributed by atoms with Crippen molar-refractivity contribution < 1.29 is 0 Å². The van der Waals surface area contributed by atoms with Crippen LogP contribution in [-0.2, 0) is 0 Å². The molecular formula is C12H14Cl2. The second kappa shape index (κ2) is 3.15. The van der Waals surface area contributed by atoms with Crippen molar-refractivity contribution in [3.05, 3.63) is 33.4 Å². The molecular weight excluding hydrogens is 215 g/mol. The zero-order valence-corrected chi connectivity index (χ0v) is 10.4. The Morgan fingerprint density at radius 3 is 1.21 bits per heavy atom. The molecule has 0 fully saturated rings. The molecule has 2 rings (SSSR count). The smallest absolute Gasteiger partial charge is 0.0796 e. The largest absolute Gasteiger partial charge is 0.116 e. The molecule has 0 unspecified atom stereocenters. The van der Waals surface area contributed by atoms with E-state index in [0.717, 1.165) is 0 Å². The first-order valence-electron chi connectivity index (χ1n) is 4.85. The summed E-state index contributed by atoms with van der Waals surface area (Å²) in [5.74, 6) is 0. The summed E-state index contributed by atoms with van der Waals surface area (Å²) in [6.07, 6.45) is 0. The summed E-state index contributed by atoms with van der Waals surface area (Å²) in [5, 5.41) is 0.00864. The van der Waals surface area contributed by atoms with Crippen molar-refractivity contribution >= 4 is 23.2 Å². The van der Waals surface area contributed by atoms with E-state index < -0.39 is 0 Å². The van der Waals surface area contributed by atoms with Gasteiger partial charge < -0.3 is 0 Å². The van der Waals surface area contributed by atoms with Gasteiger partial charge in [-0.15, -0.1) is 23.2 Å². The predicted octanol–water partition coefficient (Wildman–Crippen LogP) is 4.49. The third-order valence-electron chi connectivity index (χ3n) is 3.59. The first-order valence-corrected chi connectivity index (χ1v) is 5.72. The highest BCUT2D eigenvalue weighted by Gasteiger charge is 2.38. The number of halogens is 2. The lowest BCUT2D eigenvalue weighted by molar-refractivity contribution is 0.745. The molecule has 0 saturated heterocycles. The van der Waals surface area contributed by atoms with Crippen molar-refractivity contribution in [1.82, 2.24) is 0 Å². The molecule has 1 aromatic carbocycles. The molecule has 0 N–H and O–H groups in total. The van der Waals surface area contributed by atoms with Crippen LogP contribution >= 0.6 is 23.2 Å². The van der Waals surface area contributed by atoms with Crippen LogP contribution in [-0.4, -0.2) is 0 Å². The van der Waals surface area contributed by atoms with E-state index in [0.29, 0.717) is 0 Å². The van der Waals surface area contributed by atoms with Crippen molar-refractivity contribution in [2.24, 2.45) is 0 Å². The van der Waals surface area contributed by atoms with E-state index in [2.05, 4.69) is 27.7 Å². The van der Waals surface area contributed by atoms with Crippen molar-refractivity contribution in [2.45, 2.75) is 38.4 Å². The molecule has 1 aliphatic rings. The maximum atomic E-state index is 6.20. The molecule has 0 heterocycles. The Balaban J connectivity index is 2.76. The summed E-state index contributed by atoms with van der Waals surface area (Å²) in [6.45, 7) is 8.59. The van der Waals surface area contributed by atoms with Gasteiger partial charge >= 0.3 is 0 Å². The van der Waals surface area contributed by atoms with Gasteiger partial charge in [0.1, 0.15) is 0 Å². The molecule has 76 valence electrons. The summed E-state index contributed by atoms with van der Waals surface area (Å²) in [7, 11) is 0. The fraction of sp³-hybridized carbons (Fsp3) is 0.500. The number of hydrogen-bond acceptors (Lipinski definition) is 0. The van der Waals surface area contributed by atoms with Gasteiger partial charge in [-0.1, -0.05) is 0 Å². The van der Waals surface area contributed by atoms with Crippen LogP contribution in [0.15, 0.2) is 0 Å². The van der Waals surface area contributed by atoms with Gasteiger partial charge in [-0.2, -0.15) is 0 Å². The number of rotatable bonds is 0. The summed E-state index contributed by atoms with van der Waals surface area (Å²) >= 11 is 12.4. The molecule has 0 aliphatic heterocycles. The third kappa shape index (κ3) is 1.07.